The smallest absolute Gasteiger partial charge is 0.459 e. The number of fused-ring (bicyclic) bond motifs is 1. The Morgan fingerprint density at radius 3 is 2.35 bits per heavy atom. The quantitative estimate of drug-likeness (QED) is 0.684. The standard InChI is InChI=1S/C21H21ClN2O2/c22-16-12-10-15(11-13-16)14-23-19-9-5-4-8-18(19)20(25)24(21(23)26)17-6-2-1-3-7-17/h4-5,8-13,17H,1-3,6-7,14H2/p+2. The minimum atomic E-state index is 0.100. The molecule has 1 aliphatic carbocycles. The molecule has 1 heterocycles. The molecule has 1 aromatic heterocycles. The topological polar surface area (TPSA) is 48.2 Å². The Bertz CT molecular complexity index is 935. The Labute approximate surface area is 157 Å². The van der Waals surface area contributed by atoms with E-state index >= 15 is 0 Å². The number of aromatic hydroxyl groups is 2. The van der Waals surface area contributed by atoms with Crippen LogP contribution in [0.3, 0.4) is 0 Å². The van der Waals surface area contributed by atoms with Crippen molar-refractivity contribution < 1.29 is 19.3 Å². The Hall–Kier alpha value is -2.33. The third-order valence-electron chi connectivity index (χ3n) is 5.31. The Balaban J connectivity index is 1.88. The minimum absolute atomic E-state index is 0.100. The molecule has 3 aromatic rings. The van der Waals surface area contributed by atoms with Crippen LogP contribution in [0, 0.1) is 0 Å². The van der Waals surface area contributed by atoms with E-state index in [0.29, 0.717) is 11.6 Å². The fourth-order valence-electron chi connectivity index (χ4n) is 3.96. The summed E-state index contributed by atoms with van der Waals surface area (Å²) in [5.41, 5.74) is 1.85. The van der Waals surface area contributed by atoms with Crippen LogP contribution in [0.15, 0.2) is 48.5 Å². The molecule has 0 radical (unpaired) electrons. The molecule has 0 bridgehead atoms. The Morgan fingerprint density at radius 1 is 0.923 bits per heavy atom. The van der Waals surface area contributed by atoms with Gasteiger partial charge < -0.3 is 10.2 Å². The van der Waals surface area contributed by atoms with Crippen LogP contribution in [0.25, 0.3) is 10.9 Å². The summed E-state index contributed by atoms with van der Waals surface area (Å²) in [5.74, 6) is 0.150. The second kappa shape index (κ2) is 7.12. The average Bonchev–Trinajstić information content (AvgIpc) is 2.68. The molecule has 0 saturated heterocycles. The van der Waals surface area contributed by atoms with Crippen molar-refractivity contribution in [2.75, 3.05) is 0 Å². The maximum absolute atomic E-state index is 11.1. The van der Waals surface area contributed by atoms with E-state index in [4.69, 9.17) is 11.6 Å². The van der Waals surface area contributed by atoms with Gasteiger partial charge in [-0.25, -0.2) is 0 Å². The van der Waals surface area contributed by atoms with Gasteiger partial charge in [-0.3, -0.25) is 0 Å². The van der Waals surface area contributed by atoms with Crippen molar-refractivity contribution in [1.29, 1.82) is 0 Å². The number of benzene rings is 2. The first-order valence-electron chi connectivity index (χ1n) is 9.17. The molecule has 0 unspecified atom stereocenters. The van der Waals surface area contributed by atoms with Crippen molar-refractivity contribution in [2.24, 2.45) is 0 Å². The van der Waals surface area contributed by atoms with E-state index in [1.807, 2.05) is 53.1 Å². The third kappa shape index (κ3) is 3.10. The summed E-state index contributed by atoms with van der Waals surface area (Å²) < 4.78 is 3.59. The van der Waals surface area contributed by atoms with Crippen LogP contribution in [-0.2, 0) is 6.54 Å². The molecule has 0 aliphatic heterocycles. The number of hydrogen-bond donors (Lipinski definition) is 2. The molecule has 0 spiro atoms. The van der Waals surface area contributed by atoms with Crippen LogP contribution in [0.5, 0.6) is 11.9 Å². The summed E-state index contributed by atoms with van der Waals surface area (Å²) in [5, 5.41) is 23.4. The van der Waals surface area contributed by atoms with Crippen LogP contribution < -0.4 is 9.13 Å². The van der Waals surface area contributed by atoms with Crippen LogP contribution in [-0.4, -0.2) is 10.2 Å². The molecule has 0 atom stereocenters. The van der Waals surface area contributed by atoms with E-state index in [1.54, 1.807) is 4.57 Å². The van der Waals surface area contributed by atoms with Gasteiger partial charge in [0.25, 0.3) is 0 Å². The first kappa shape index (κ1) is 17.1. The second-order valence-electron chi connectivity index (χ2n) is 7.02. The average molecular weight is 371 g/mol. The first-order chi connectivity index (χ1) is 12.6. The number of nitrogens with zero attached hydrogens (tertiary/aromatic N) is 2. The van der Waals surface area contributed by atoms with Gasteiger partial charge in [0.2, 0.25) is 5.52 Å². The van der Waals surface area contributed by atoms with E-state index in [1.165, 1.54) is 6.42 Å². The van der Waals surface area contributed by atoms with Gasteiger partial charge in [-0.15, -0.1) is 0 Å². The molecular formula is C21H23ClN2O2+2. The van der Waals surface area contributed by atoms with E-state index < -0.39 is 0 Å². The summed E-state index contributed by atoms with van der Waals surface area (Å²) in [4.78, 5) is 0. The second-order valence-corrected chi connectivity index (χ2v) is 7.45. The van der Waals surface area contributed by atoms with E-state index in [2.05, 4.69) is 0 Å². The summed E-state index contributed by atoms with van der Waals surface area (Å²) in [7, 11) is 0. The SMILES string of the molecule is Oc1c2ccccc2[n+](Cc2ccc(Cl)cc2)c(O)[n+]1C1CCCCC1. The molecule has 26 heavy (non-hydrogen) atoms. The lowest BCUT2D eigenvalue weighted by Gasteiger charge is -2.17. The molecule has 5 heteroatoms. The van der Waals surface area contributed by atoms with Crippen LogP contribution in [0.4, 0.5) is 0 Å². The van der Waals surface area contributed by atoms with Gasteiger partial charge in [0.05, 0.1) is 0 Å². The van der Waals surface area contributed by atoms with Gasteiger partial charge in [-0.2, -0.15) is 0 Å². The molecule has 4 nitrogen and oxygen atoms in total. The number of halogens is 1. The molecule has 2 aromatic carbocycles. The highest BCUT2D eigenvalue weighted by Crippen LogP contribution is 2.29. The zero-order chi connectivity index (χ0) is 18.1. The molecule has 1 saturated carbocycles. The lowest BCUT2D eigenvalue weighted by molar-refractivity contribution is -0.832. The molecular weight excluding hydrogens is 348 g/mol. The van der Waals surface area contributed by atoms with Crippen molar-refractivity contribution in [3.63, 3.8) is 0 Å². The largest absolute Gasteiger partial charge is 0.632 e. The van der Waals surface area contributed by atoms with Crippen molar-refractivity contribution in [2.45, 2.75) is 44.7 Å². The van der Waals surface area contributed by atoms with E-state index in [-0.39, 0.29) is 17.9 Å². The Morgan fingerprint density at radius 2 is 1.62 bits per heavy atom. The highest BCUT2D eigenvalue weighted by Gasteiger charge is 2.39. The molecule has 134 valence electrons. The highest BCUT2D eigenvalue weighted by atomic mass is 35.5. The van der Waals surface area contributed by atoms with Crippen molar-refractivity contribution in [3.05, 3.63) is 59.1 Å². The first-order valence-corrected chi connectivity index (χ1v) is 9.55. The predicted octanol–water partition coefficient (Wildman–Crippen LogP) is 4.03. The summed E-state index contributed by atoms with van der Waals surface area (Å²) in [6.45, 7) is 0.510. The molecule has 4 rings (SSSR count). The number of para-hydroxylation sites is 1. The molecule has 0 amide bonds. The van der Waals surface area contributed by atoms with E-state index in [0.717, 1.165) is 42.1 Å². The monoisotopic (exact) mass is 370 g/mol. The van der Waals surface area contributed by atoms with Crippen molar-refractivity contribution in [3.8, 4) is 11.9 Å². The van der Waals surface area contributed by atoms with Gasteiger partial charge in [0, 0.05) is 29.5 Å². The van der Waals surface area contributed by atoms with Gasteiger partial charge in [-0.05, 0) is 31.0 Å². The fourth-order valence-corrected chi connectivity index (χ4v) is 4.09. The van der Waals surface area contributed by atoms with E-state index in [9.17, 15) is 10.2 Å². The van der Waals surface area contributed by atoms with Crippen molar-refractivity contribution in [1.82, 2.24) is 0 Å². The number of hydrogen-bond acceptors (Lipinski definition) is 2. The summed E-state index contributed by atoms with van der Waals surface area (Å²) in [6, 6.07) is 15.5. The molecule has 2 N–H and O–H groups in total. The summed E-state index contributed by atoms with van der Waals surface area (Å²) >= 11 is 6.00. The third-order valence-corrected chi connectivity index (χ3v) is 5.57. The Kier molecular flexibility index (Phi) is 4.68. The van der Waals surface area contributed by atoms with Gasteiger partial charge in [-0.1, -0.05) is 51.4 Å². The van der Waals surface area contributed by atoms with Gasteiger partial charge in [0.1, 0.15) is 0 Å². The lowest BCUT2D eigenvalue weighted by Crippen LogP contribution is -2.51. The maximum Gasteiger partial charge on any atom is 0.632 e. The van der Waals surface area contributed by atoms with Crippen LogP contribution in [0.2, 0.25) is 5.02 Å². The zero-order valence-corrected chi connectivity index (χ0v) is 15.4. The minimum Gasteiger partial charge on any atom is -0.459 e. The van der Waals surface area contributed by atoms with Gasteiger partial charge in [0.15, 0.2) is 18.0 Å². The fraction of sp³-hybridized carbons (Fsp3) is 0.333. The van der Waals surface area contributed by atoms with Crippen LogP contribution >= 0.6 is 11.6 Å². The van der Waals surface area contributed by atoms with Crippen molar-refractivity contribution >= 4 is 22.5 Å². The molecule has 1 fully saturated rings. The number of aromatic nitrogens is 2. The van der Waals surface area contributed by atoms with Crippen LogP contribution in [0.1, 0.15) is 43.7 Å². The van der Waals surface area contributed by atoms with Gasteiger partial charge >= 0.3 is 11.9 Å². The lowest BCUT2D eigenvalue weighted by atomic mass is 9.95. The predicted molar refractivity (Wildman–Crippen MR) is 100 cm³/mol. The summed E-state index contributed by atoms with van der Waals surface area (Å²) in [6.07, 6.45) is 5.42. The highest BCUT2D eigenvalue weighted by molar-refractivity contribution is 6.30. The normalized spacial score (nSPS) is 15.4. The molecule has 1 aliphatic rings. The number of rotatable bonds is 3. The maximum atomic E-state index is 11.1. The zero-order valence-electron chi connectivity index (χ0n) is 14.6.